The van der Waals surface area contributed by atoms with Crippen LogP contribution in [0.3, 0.4) is 0 Å². The van der Waals surface area contributed by atoms with Crippen LogP contribution in [0.5, 0.6) is 0 Å². The van der Waals surface area contributed by atoms with Crippen molar-refractivity contribution in [2.24, 2.45) is 5.73 Å². The molecule has 6 nitrogen and oxygen atoms in total. The van der Waals surface area contributed by atoms with Gasteiger partial charge < -0.3 is 11.1 Å². The zero-order valence-corrected chi connectivity index (χ0v) is 14.4. The SMILES string of the molecule is CC[C@H](Nc1ccc(NS(=O)(=O)c2ccc(C)cc2)cc1)C(N)=O. The van der Waals surface area contributed by atoms with Crippen molar-refractivity contribution >= 4 is 27.3 Å². The summed E-state index contributed by atoms with van der Waals surface area (Å²) >= 11 is 0. The average molecular weight is 347 g/mol. The van der Waals surface area contributed by atoms with Gasteiger partial charge in [-0.1, -0.05) is 24.6 Å². The molecule has 0 unspecified atom stereocenters. The standard InChI is InChI=1S/C17H21N3O3S/c1-3-16(17(18)21)19-13-6-8-14(9-7-13)20-24(22,23)15-10-4-12(2)5-11-15/h4-11,16,19-20H,3H2,1-2H3,(H2,18,21)/t16-/m0/s1. The van der Waals surface area contributed by atoms with E-state index in [1.165, 1.54) is 0 Å². The van der Waals surface area contributed by atoms with Crippen molar-refractivity contribution in [3.63, 3.8) is 0 Å². The fourth-order valence-corrected chi connectivity index (χ4v) is 3.20. The third kappa shape index (κ3) is 4.48. The molecule has 0 fully saturated rings. The van der Waals surface area contributed by atoms with Gasteiger partial charge in [0.2, 0.25) is 5.91 Å². The second-order valence-corrected chi connectivity index (χ2v) is 7.19. The number of carbonyl (C=O) groups excluding carboxylic acids is 1. The van der Waals surface area contributed by atoms with Crippen LogP contribution in [-0.4, -0.2) is 20.4 Å². The lowest BCUT2D eigenvalue weighted by Crippen LogP contribution is -2.34. The number of nitrogens with one attached hydrogen (secondary N) is 2. The molecule has 2 aromatic carbocycles. The fraction of sp³-hybridized carbons (Fsp3) is 0.235. The number of primary amides is 1. The molecule has 24 heavy (non-hydrogen) atoms. The first-order valence-corrected chi connectivity index (χ1v) is 9.05. The molecule has 0 aliphatic rings. The second-order valence-electron chi connectivity index (χ2n) is 5.50. The Morgan fingerprint density at radius 1 is 1.04 bits per heavy atom. The quantitative estimate of drug-likeness (QED) is 0.716. The first kappa shape index (κ1) is 17.8. The summed E-state index contributed by atoms with van der Waals surface area (Å²) in [6.45, 7) is 3.75. The highest BCUT2D eigenvalue weighted by Gasteiger charge is 2.15. The summed E-state index contributed by atoms with van der Waals surface area (Å²) < 4.78 is 27.2. The Balaban J connectivity index is 2.11. The third-order valence-corrected chi connectivity index (χ3v) is 4.96. The minimum Gasteiger partial charge on any atom is -0.374 e. The van der Waals surface area contributed by atoms with Gasteiger partial charge in [-0.25, -0.2) is 8.42 Å². The number of nitrogens with two attached hydrogens (primary N) is 1. The number of anilines is 2. The first-order chi connectivity index (χ1) is 11.3. The van der Waals surface area contributed by atoms with Gasteiger partial charge in [0.15, 0.2) is 0 Å². The Hall–Kier alpha value is -2.54. The molecule has 0 aliphatic heterocycles. The summed E-state index contributed by atoms with van der Waals surface area (Å²) in [7, 11) is -3.63. The lowest BCUT2D eigenvalue weighted by Gasteiger charge is -2.15. The molecule has 0 spiro atoms. The molecular formula is C17H21N3O3S. The number of amides is 1. The van der Waals surface area contributed by atoms with Gasteiger partial charge in [-0.05, 0) is 49.7 Å². The smallest absolute Gasteiger partial charge is 0.261 e. The van der Waals surface area contributed by atoms with E-state index in [1.54, 1.807) is 48.5 Å². The predicted molar refractivity (Wildman–Crippen MR) is 95.3 cm³/mol. The molecule has 128 valence electrons. The van der Waals surface area contributed by atoms with Crippen LogP contribution in [0.15, 0.2) is 53.4 Å². The normalized spacial score (nSPS) is 12.4. The number of benzene rings is 2. The first-order valence-electron chi connectivity index (χ1n) is 7.57. The highest BCUT2D eigenvalue weighted by molar-refractivity contribution is 7.92. The summed E-state index contributed by atoms with van der Waals surface area (Å²) in [5, 5.41) is 3.00. The van der Waals surface area contributed by atoms with Crippen molar-refractivity contribution in [2.45, 2.75) is 31.2 Å². The Kier molecular flexibility index (Phi) is 5.46. The van der Waals surface area contributed by atoms with E-state index in [9.17, 15) is 13.2 Å². The highest BCUT2D eigenvalue weighted by atomic mass is 32.2. The third-order valence-electron chi connectivity index (χ3n) is 3.56. The second kappa shape index (κ2) is 7.35. The van der Waals surface area contributed by atoms with Gasteiger partial charge in [-0.3, -0.25) is 9.52 Å². The minimum atomic E-state index is -3.63. The van der Waals surface area contributed by atoms with E-state index in [4.69, 9.17) is 5.73 Å². The Labute approximate surface area is 142 Å². The lowest BCUT2D eigenvalue weighted by atomic mass is 10.2. The maximum atomic E-state index is 12.3. The summed E-state index contributed by atoms with van der Waals surface area (Å²) in [6, 6.07) is 12.8. The lowest BCUT2D eigenvalue weighted by molar-refractivity contribution is -0.118. The van der Waals surface area contributed by atoms with Crippen molar-refractivity contribution in [3.05, 3.63) is 54.1 Å². The van der Waals surface area contributed by atoms with Crippen LogP contribution in [-0.2, 0) is 14.8 Å². The van der Waals surface area contributed by atoms with E-state index in [0.717, 1.165) is 5.56 Å². The van der Waals surface area contributed by atoms with Crippen LogP contribution in [0.4, 0.5) is 11.4 Å². The molecule has 0 saturated carbocycles. The van der Waals surface area contributed by atoms with E-state index in [-0.39, 0.29) is 4.90 Å². The molecule has 0 aromatic heterocycles. The molecule has 2 aromatic rings. The van der Waals surface area contributed by atoms with Crippen LogP contribution >= 0.6 is 0 Å². The number of aryl methyl sites for hydroxylation is 1. The zero-order valence-electron chi connectivity index (χ0n) is 13.6. The van der Waals surface area contributed by atoms with Crippen molar-refractivity contribution in [2.75, 3.05) is 10.0 Å². The van der Waals surface area contributed by atoms with Gasteiger partial charge in [0, 0.05) is 11.4 Å². The van der Waals surface area contributed by atoms with Gasteiger partial charge in [0.1, 0.15) is 6.04 Å². The van der Waals surface area contributed by atoms with E-state index < -0.39 is 22.0 Å². The molecule has 4 N–H and O–H groups in total. The van der Waals surface area contributed by atoms with E-state index in [2.05, 4.69) is 10.0 Å². The van der Waals surface area contributed by atoms with Crippen LogP contribution in [0, 0.1) is 6.92 Å². The molecule has 7 heteroatoms. The molecule has 1 atom stereocenters. The number of hydrogen-bond acceptors (Lipinski definition) is 4. The minimum absolute atomic E-state index is 0.204. The van der Waals surface area contributed by atoms with Gasteiger partial charge in [-0.15, -0.1) is 0 Å². The van der Waals surface area contributed by atoms with Gasteiger partial charge in [-0.2, -0.15) is 0 Å². The average Bonchev–Trinajstić information content (AvgIpc) is 2.54. The number of carbonyl (C=O) groups is 1. The van der Waals surface area contributed by atoms with Crippen LogP contribution in [0.2, 0.25) is 0 Å². The van der Waals surface area contributed by atoms with Crippen molar-refractivity contribution < 1.29 is 13.2 Å². The van der Waals surface area contributed by atoms with Gasteiger partial charge in [0.05, 0.1) is 4.90 Å². The van der Waals surface area contributed by atoms with Crippen LogP contribution in [0.25, 0.3) is 0 Å². The zero-order chi connectivity index (χ0) is 17.7. The number of hydrogen-bond donors (Lipinski definition) is 3. The molecular weight excluding hydrogens is 326 g/mol. The topological polar surface area (TPSA) is 101 Å². The Morgan fingerprint density at radius 3 is 2.08 bits per heavy atom. The van der Waals surface area contributed by atoms with Crippen LogP contribution in [0.1, 0.15) is 18.9 Å². The van der Waals surface area contributed by atoms with Gasteiger partial charge >= 0.3 is 0 Å². The summed E-state index contributed by atoms with van der Waals surface area (Å²) in [6.07, 6.45) is 0.567. The fourth-order valence-electron chi connectivity index (χ4n) is 2.14. The largest absolute Gasteiger partial charge is 0.374 e. The summed E-state index contributed by atoms with van der Waals surface area (Å²) in [4.78, 5) is 11.4. The predicted octanol–water partition coefficient (Wildman–Crippen LogP) is 2.47. The summed E-state index contributed by atoms with van der Waals surface area (Å²) in [5.74, 6) is -0.429. The molecule has 0 bridgehead atoms. The molecule has 0 radical (unpaired) electrons. The maximum absolute atomic E-state index is 12.3. The Morgan fingerprint density at radius 2 is 1.58 bits per heavy atom. The van der Waals surface area contributed by atoms with Crippen molar-refractivity contribution in [1.29, 1.82) is 0 Å². The van der Waals surface area contributed by atoms with E-state index in [0.29, 0.717) is 17.8 Å². The van der Waals surface area contributed by atoms with E-state index >= 15 is 0 Å². The highest BCUT2D eigenvalue weighted by Crippen LogP contribution is 2.19. The van der Waals surface area contributed by atoms with Crippen molar-refractivity contribution in [3.8, 4) is 0 Å². The van der Waals surface area contributed by atoms with Crippen LogP contribution < -0.4 is 15.8 Å². The summed E-state index contributed by atoms with van der Waals surface area (Å²) in [5.41, 5.74) is 7.41. The molecule has 0 aliphatic carbocycles. The number of sulfonamides is 1. The Bertz CT molecular complexity index is 800. The maximum Gasteiger partial charge on any atom is 0.261 e. The molecule has 2 rings (SSSR count). The van der Waals surface area contributed by atoms with Gasteiger partial charge in [0.25, 0.3) is 10.0 Å². The van der Waals surface area contributed by atoms with Crippen molar-refractivity contribution in [1.82, 2.24) is 0 Å². The molecule has 0 heterocycles. The monoisotopic (exact) mass is 347 g/mol. The molecule has 1 amide bonds. The number of rotatable bonds is 7. The molecule has 0 saturated heterocycles. The van der Waals surface area contributed by atoms with E-state index in [1.807, 2.05) is 13.8 Å².